The second-order valence-electron chi connectivity index (χ2n) is 7.62. The first-order valence-corrected chi connectivity index (χ1v) is 11.9. The van der Waals surface area contributed by atoms with Crippen LogP contribution in [0.3, 0.4) is 0 Å². The van der Waals surface area contributed by atoms with Gasteiger partial charge in [-0.1, -0.05) is 35.8 Å². The molecule has 0 saturated heterocycles. The molecule has 15 heteroatoms. The van der Waals surface area contributed by atoms with Gasteiger partial charge in [0.1, 0.15) is 23.0 Å². The van der Waals surface area contributed by atoms with Crippen LogP contribution in [0.5, 0.6) is 0 Å². The summed E-state index contributed by atoms with van der Waals surface area (Å²) in [6, 6.07) is 5.48. The van der Waals surface area contributed by atoms with Crippen LogP contribution in [0.2, 0.25) is 0 Å². The zero-order valence-corrected chi connectivity index (χ0v) is 23.5. The van der Waals surface area contributed by atoms with Crippen molar-refractivity contribution < 1.29 is 44.4 Å². The number of alkyl halides is 6. The van der Waals surface area contributed by atoms with E-state index in [0.29, 0.717) is 5.69 Å². The van der Waals surface area contributed by atoms with Gasteiger partial charge in [-0.05, 0) is 38.5 Å². The number of allylic oxidation sites excluding steroid dienone is 5. The normalized spacial score (nSPS) is 12.8. The zero-order valence-electron chi connectivity index (χ0n) is 22.7. The molecule has 0 aliphatic heterocycles. The van der Waals surface area contributed by atoms with Gasteiger partial charge >= 0.3 is 18.3 Å². The first-order chi connectivity index (χ1) is 18.9. The molecule has 1 aromatic carbocycles. The van der Waals surface area contributed by atoms with E-state index in [4.69, 9.17) is 16.1 Å². The van der Waals surface area contributed by atoms with E-state index in [9.17, 15) is 39.9 Å². The summed E-state index contributed by atoms with van der Waals surface area (Å²) >= 11 is 6.14. The van der Waals surface area contributed by atoms with Crippen LogP contribution in [0.1, 0.15) is 45.6 Å². The maximum absolute atomic E-state index is 14.6. The van der Waals surface area contributed by atoms with Gasteiger partial charge in [-0.15, -0.1) is 13.2 Å². The van der Waals surface area contributed by atoms with Crippen LogP contribution in [-0.2, 0) is 4.79 Å². The molecule has 2 rings (SSSR count). The van der Waals surface area contributed by atoms with Crippen molar-refractivity contribution in [3.63, 3.8) is 0 Å². The number of amides is 1. The number of halogens is 9. The molecule has 2 aromatic rings. The van der Waals surface area contributed by atoms with Crippen molar-refractivity contribution in [1.82, 2.24) is 10.6 Å². The Kier molecular flexibility index (Phi) is 15.1. The fraction of sp³-hybridized carbons (Fsp3) is 0.308. The number of rotatable bonds is 8. The van der Waals surface area contributed by atoms with Crippen molar-refractivity contribution in [2.24, 2.45) is 0 Å². The molecule has 0 saturated carbocycles. The number of anilines is 2. The van der Waals surface area contributed by atoms with E-state index in [2.05, 4.69) is 23.7 Å². The Morgan fingerprint density at radius 1 is 1.20 bits per heavy atom. The highest BCUT2D eigenvalue weighted by Crippen LogP contribution is 2.39. The van der Waals surface area contributed by atoms with Crippen LogP contribution >= 0.6 is 11.6 Å². The Morgan fingerprint density at radius 3 is 2.20 bits per heavy atom. The monoisotopic (exact) mass is 616 g/mol. The van der Waals surface area contributed by atoms with E-state index >= 15 is 0 Å². The lowest BCUT2D eigenvalue weighted by atomic mass is 10.1. The molecule has 0 fully saturated rings. The van der Waals surface area contributed by atoms with Gasteiger partial charge in [-0.25, -0.2) is 14.2 Å². The molecule has 6 nitrogen and oxygen atoms in total. The molecule has 0 radical (unpaired) electrons. The summed E-state index contributed by atoms with van der Waals surface area (Å²) in [4.78, 5) is 11.8. The quantitative estimate of drug-likeness (QED) is 0.134. The van der Waals surface area contributed by atoms with Crippen molar-refractivity contribution in [2.75, 3.05) is 17.4 Å². The molecule has 0 aliphatic carbocycles. The molecule has 0 spiro atoms. The fourth-order valence-electron chi connectivity index (χ4n) is 2.87. The van der Waals surface area contributed by atoms with Crippen LogP contribution in [0.4, 0.5) is 46.5 Å². The van der Waals surface area contributed by atoms with Crippen molar-refractivity contribution in [3.8, 4) is 0 Å². The van der Waals surface area contributed by atoms with E-state index in [0.717, 1.165) is 6.08 Å². The molecular formula is C26H29ClF8N4O2. The van der Waals surface area contributed by atoms with Crippen LogP contribution in [0.25, 0.3) is 11.1 Å². The minimum Gasteiger partial charge on any atom is -0.354 e. The maximum Gasteiger partial charge on any atom is 0.471 e. The topological polar surface area (TPSA) is 70.4 Å². The molecule has 1 aromatic heterocycles. The van der Waals surface area contributed by atoms with E-state index in [1.165, 1.54) is 50.3 Å². The molecule has 0 atom stereocenters. The van der Waals surface area contributed by atoms with E-state index in [1.807, 2.05) is 0 Å². The molecule has 1 heterocycles. The highest BCUT2D eigenvalue weighted by molar-refractivity contribution is 6.33. The van der Waals surface area contributed by atoms with Gasteiger partial charge in [0.05, 0.1) is 11.3 Å². The van der Waals surface area contributed by atoms with E-state index in [-0.39, 0.29) is 35.3 Å². The summed E-state index contributed by atoms with van der Waals surface area (Å²) in [5.41, 5.74) is 2.05. The Labute approximate surface area is 237 Å². The van der Waals surface area contributed by atoms with Crippen LogP contribution in [-0.4, -0.2) is 30.5 Å². The number of benzene rings is 1. The number of aromatic nitrogens is 1. The number of carbonyl (C=O) groups is 1. The van der Waals surface area contributed by atoms with Gasteiger partial charge in [-0.3, -0.25) is 9.80 Å². The minimum atomic E-state index is -5.24. The Balaban J connectivity index is 0.00000205. The second-order valence-corrected chi connectivity index (χ2v) is 8.08. The summed E-state index contributed by atoms with van der Waals surface area (Å²) in [5.74, 6) is -3.98. The number of carbonyl (C=O) groups excluding carboxylic acids is 1. The van der Waals surface area contributed by atoms with Crippen LogP contribution in [0.15, 0.2) is 65.1 Å². The molecule has 0 aliphatic rings. The Bertz CT molecular complexity index is 1240. The van der Waals surface area contributed by atoms with Crippen LogP contribution in [0, 0.1) is 5.82 Å². The average Bonchev–Trinajstić information content (AvgIpc) is 3.29. The van der Waals surface area contributed by atoms with Gasteiger partial charge in [0.15, 0.2) is 5.76 Å². The van der Waals surface area contributed by atoms with Gasteiger partial charge in [0.2, 0.25) is 0 Å². The predicted molar refractivity (Wildman–Crippen MR) is 144 cm³/mol. The summed E-state index contributed by atoms with van der Waals surface area (Å²) in [6.45, 7) is 10.6. The first-order valence-electron chi connectivity index (χ1n) is 11.5. The first kappa shape index (κ1) is 37.4. The predicted octanol–water partition coefficient (Wildman–Crippen LogP) is 8.92. The van der Waals surface area contributed by atoms with E-state index in [1.54, 1.807) is 18.3 Å². The molecule has 1 amide bonds. The lowest BCUT2D eigenvalue weighted by Crippen LogP contribution is -2.31. The third-order valence-electron chi connectivity index (χ3n) is 4.51. The number of hydrogen-bond acceptors (Lipinski definition) is 5. The molecule has 0 bridgehead atoms. The maximum atomic E-state index is 14.6. The van der Waals surface area contributed by atoms with Gasteiger partial charge < -0.3 is 9.84 Å². The average molecular weight is 617 g/mol. The summed E-state index contributed by atoms with van der Waals surface area (Å²) < 4.78 is 104. The second kappa shape index (κ2) is 16.6. The smallest absolute Gasteiger partial charge is 0.354 e. The van der Waals surface area contributed by atoms with Crippen molar-refractivity contribution in [3.05, 3.63) is 77.8 Å². The Morgan fingerprint density at radius 2 is 1.76 bits per heavy atom. The molecule has 0 unspecified atom stereocenters. The molecular weight excluding hydrogens is 588 g/mol. The highest BCUT2D eigenvalue weighted by Gasteiger charge is 2.40. The van der Waals surface area contributed by atoms with Crippen LogP contribution < -0.4 is 15.8 Å². The lowest BCUT2D eigenvalue weighted by molar-refractivity contribution is -0.167. The van der Waals surface area contributed by atoms with Crippen molar-refractivity contribution in [1.29, 1.82) is 0 Å². The van der Waals surface area contributed by atoms with Crippen molar-refractivity contribution >= 4 is 40.0 Å². The number of nitrogens with one attached hydrogen (secondary N) is 2. The number of hydrogen-bond donors (Lipinski definition) is 2. The standard InChI is InChI=1S/C22H22ClF5N4O2.C2H3F3.C2H4/c1-5-15(23)17(16(25)6-2)18-19(30-21(33)22(26,27)28)20(34-31-18)12(3)11-32(29-4)14-9-7-8-13(24)10-14;1-2(3,4)5;1-2/h6-11,29H,5H2,1-4H3,(H,30,33);1H3;1-2H2/b12-11+,16-6+,17-15-;;. The zero-order chi connectivity index (χ0) is 32.1. The SMILES string of the molecule is C/C=C(F)\C(=C(\Cl)CC)c1noc(/C(C)=C/N(NC)c2cccc(F)c2)c1NC(=O)C(F)(F)F.C=C.CC(F)(F)F. The van der Waals surface area contributed by atoms with Crippen molar-refractivity contribution in [2.45, 2.75) is 46.5 Å². The van der Waals surface area contributed by atoms with Gasteiger partial charge in [0.25, 0.3) is 0 Å². The third kappa shape index (κ3) is 12.2. The molecule has 2 N–H and O–H groups in total. The summed E-state index contributed by atoms with van der Waals surface area (Å²) in [6.07, 6.45) is -6.68. The minimum absolute atomic E-state index is 0.0452. The third-order valence-corrected chi connectivity index (χ3v) is 4.96. The van der Waals surface area contributed by atoms with Gasteiger partial charge in [-0.2, -0.15) is 26.3 Å². The summed E-state index contributed by atoms with van der Waals surface area (Å²) in [7, 11) is 1.52. The summed E-state index contributed by atoms with van der Waals surface area (Å²) in [5, 5.41) is 6.74. The molecule has 41 heavy (non-hydrogen) atoms. The van der Waals surface area contributed by atoms with Gasteiger partial charge in [0, 0.05) is 30.8 Å². The number of hydrazine groups is 1. The number of nitrogens with zero attached hydrogens (tertiary/aromatic N) is 2. The molecule has 228 valence electrons. The Hall–Kier alpha value is -3.65. The van der Waals surface area contributed by atoms with E-state index < -0.39 is 41.3 Å². The fourth-order valence-corrected chi connectivity index (χ4v) is 3.05. The lowest BCUT2D eigenvalue weighted by Gasteiger charge is -2.20. The highest BCUT2D eigenvalue weighted by atomic mass is 35.5. The largest absolute Gasteiger partial charge is 0.471 e.